The third-order valence-corrected chi connectivity index (χ3v) is 3.78. The van der Waals surface area contributed by atoms with E-state index >= 15 is 0 Å². The molecule has 0 saturated heterocycles. The lowest BCUT2D eigenvalue weighted by atomic mass is 10.3. The molecule has 5 nitrogen and oxygen atoms in total. The van der Waals surface area contributed by atoms with Crippen LogP contribution in [0, 0.1) is 0 Å². The highest BCUT2D eigenvalue weighted by Crippen LogP contribution is 2.13. The molecule has 0 spiro atoms. The lowest BCUT2D eigenvalue weighted by molar-refractivity contribution is -0.113. The standard InChI is InChI=1S/C9H11BrN2O3S/c1-11-16(14,15)8-4-2-7(3-5-8)12-9(13)6-10/h2-5,11H,6H2,1H3,(H,12,13). The Labute approximate surface area is 102 Å². The van der Waals surface area contributed by atoms with Crippen LogP contribution in [0.1, 0.15) is 0 Å². The van der Waals surface area contributed by atoms with Crippen LogP contribution in [0.15, 0.2) is 29.2 Å². The van der Waals surface area contributed by atoms with Gasteiger partial charge in [0.1, 0.15) is 0 Å². The molecule has 0 aromatic heterocycles. The number of hydrogen-bond donors (Lipinski definition) is 2. The molecule has 88 valence electrons. The van der Waals surface area contributed by atoms with Crippen molar-refractivity contribution in [3.63, 3.8) is 0 Å². The monoisotopic (exact) mass is 306 g/mol. The Morgan fingerprint density at radius 2 is 1.88 bits per heavy atom. The number of benzene rings is 1. The Balaban J connectivity index is 2.88. The van der Waals surface area contributed by atoms with Gasteiger partial charge < -0.3 is 5.32 Å². The van der Waals surface area contributed by atoms with Gasteiger partial charge in [-0.3, -0.25) is 4.79 Å². The molecule has 0 saturated carbocycles. The molecule has 0 aliphatic heterocycles. The first-order valence-electron chi connectivity index (χ1n) is 4.39. The van der Waals surface area contributed by atoms with Gasteiger partial charge in [0.05, 0.1) is 10.2 Å². The number of carbonyl (C=O) groups is 1. The molecule has 0 bridgehead atoms. The van der Waals surface area contributed by atoms with E-state index in [4.69, 9.17) is 0 Å². The van der Waals surface area contributed by atoms with E-state index in [1.54, 1.807) is 0 Å². The predicted molar refractivity (Wildman–Crippen MR) is 65.1 cm³/mol. The largest absolute Gasteiger partial charge is 0.325 e. The molecule has 0 unspecified atom stereocenters. The summed E-state index contributed by atoms with van der Waals surface area (Å²) in [5.74, 6) is -0.191. The summed E-state index contributed by atoms with van der Waals surface area (Å²) in [4.78, 5) is 11.2. The molecule has 0 fully saturated rings. The van der Waals surface area contributed by atoms with Crippen LogP contribution in [0.5, 0.6) is 0 Å². The third kappa shape index (κ3) is 3.29. The van der Waals surface area contributed by atoms with Crippen LogP contribution < -0.4 is 10.0 Å². The Bertz CT molecular complexity index is 470. The number of carbonyl (C=O) groups excluding carboxylic acids is 1. The molecule has 0 atom stereocenters. The average Bonchev–Trinajstić information content (AvgIpc) is 2.29. The van der Waals surface area contributed by atoms with E-state index in [0.717, 1.165) is 0 Å². The molecule has 0 aliphatic carbocycles. The first-order valence-corrected chi connectivity index (χ1v) is 6.99. The van der Waals surface area contributed by atoms with Gasteiger partial charge in [-0.25, -0.2) is 13.1 Å². The molecular formula is C9H11BrN2O3S. The molecule has 1 aromatic rings. The molecule has 0 radical (unpaired) electrons. The zero-order valence-electron chi connectivity index (χ0n) is 8.53. The molecule has 1 rings (SSSR count). The van der Waals surface area contributed by atoms with Crippen molar-refractivity contribution < 1.29 is 13.2 Å². The van der Waals surface area contributed by atoms with E-state index in [-0.39, 0.29) is 16.1 Å². The Kier molecular flexibility index (Phi) is 4.45. The molecular weight excluding hydrogens is 296 g/mol. The van der Waals surface area contributed by atoms with Crippen LogP contribution >= 0.6 is 15.9 Å². The van der Waals surface area contributed by atoms with Crippen LogP contribution in [0.25, 0.3) is 0 Å². The summed E-state index contributed by atoms with van der Waals surface area (Å²) >= 11 is 3.01. The fourth-order valence-electron chi connectivity index (χ4n) is 1.03. The van der Waals surface area contributed by atoms with E-state index < -0.39 is 10.0 Å². The Morgan fingerprint density at radius 1 is 1.31 bits per heavy atom. The van der Waals surface area contributed by atoms with Gasteiger partial charge in [-0.05, 0) is 31.3 Å². The Hall–Kier alpha value is -0.920. The van der Waals surface area contributed by atoms with Crippen LogP contribution in [0.4, 0.5) is 5.69 Å². The summed E-state index contributed by atoms with van der Waals surface area (Å²) in [6, 6.07) is 5.92. The van der Waals surface area contributed by atoms with Crippen molar-refractivity contribution in [3.05, 3.63) is 24.3 Å². The molecule has 1 aromatic carbocycles. The van der Waals surface area contributed by atoms with Gasteiger partial charge in [-0.15, -0.1) is 0 Å². The second kappa shape index (κ2) is 5.42. The van der Waals surface area contributed by atoms with Crippen molar-refractivity contribution in [3.8, 4) is 0 Å². The fourth-order valence-corrected chi connectivity index (χ4v) is 1.90. The topological polar surface area (TPSA) is 75.3 Å². The highest BCUT2D eigenvalue weighted by Gasteiger charge is 2.10. The van der Waals surface area contributed by atoms with E-state index in [0.29, 0.717) is 5.69 Å². The van der Waals surface area contributed by atoms with Gasteiger partial charge >= 0.3 is 0 Å². The third-order valence-electron chi connectivity index (χ3n) is 1.84. The van der Waals surface area contributed by atoms with Gasteiger partial charge in [0.25, 0.3) is 0 Å². The number of halogens is 1. The van der Waals surface area contributed by atoms with Crippen LogP contribution in [0.3, 0.4) is 0 Å². The average molecular weight is 307 g/mol. The van der Waals surface area contributed by atoms with Crippen molar-refractivity contribution in [2.75, 3.05) is 17.7 Å². The maximum absolute atomic E-state index is 11.4. The molecule has 2 N–H and O–H groups in total. The normalized spacial score (nSPS) is 11.1. The number of anilines is 1. The Morgan fingerprint density at radius 3 is 2.31 bits per heavy atom. The highest BCUT2D eigenvalue weighted by atomic mass is 79.9. The van der Waals surface area contributed by atoms with Gasteiger partial charge in [0, 0.05) is 5.69 Å². The van der Waals surface area contributed by atoms with Gasteiger partial charge in [0.2, 0.25) is 15.9 Å². The number of sulfonamides is 1. The first-order chi connectivity index (χ1) is 7.49. The van der Waals surface area contributed by atoms with Crippen molar-refractivity contribution in [1.29, 1.82) is 0 Å². The molecule has 1 amide bonds. The van der Waals surface area contributed by atoms with E-state index in [1.807, 2.05) is 0 Å². The quantitative estimate of drug-likeness (QED) is 0.813. The molecule has 16 heavy (non-hydrogen) atoms. The van der Waals surface area contributed by atoms with Crippen LogP contribution in [-0.2, 0) is 14.8 Å². The van der Waals surface area contributed by atoms with Crippen molar-refractivity contribution in [2.45, 2.75) is 4.90 Å². The van der Waals surface area contributed by atoms with Crippen molar-refractivity contribution >= 4 is 37.5 Å². The summed E-state index contributed by atoms with van der Waals surface area (Å²) in [6.45, 7) is 0. The van der Waals surface area contributed by atoms with Crippen molar-refractivity contribution in [2.24, 2.45) is 0 Å². The smallest absolute Gasteiger partial charge is 0.240 e. The first kappa shape index (κ1) is 13.1. The summed E-state index contributed by atoms with van der Waals surface area (Å²) in [7, 11) is -2.08. The minimum atomic E-state index is -3.42. The number of amides is 1. The zero-order chi connectivity index (χ0) is 12.2. The lowest BCUT2D eigenvalue weighted by Gasteiger charge is -2.05. The fraction of sp³-hybridized carbons (Fsp3) is 0.222. The number of nitrogens with one attached hydrogen (secondary N) is 2. The minimum Gasteiger partial charge on any atom is -0.325 e. The second-order valence-corrected chi connectivity index (χ2v) is 5.36. The SMILES string of the molecule is CNS(=O)(=O)c1ccc(NC(=O)CBr)cc1. The summed E-state index contributed by atoms with van der Waals surface area (Å²) in [6.07, 6.45) is 0. The van der Waals surface area contributed by atoms with Crippen LogP contribution in [-0.4, -0.2) is 26.7 Å². The minimum absolute atomic E-state index is 0.159. The predicted octanol–water partition coefficient (Wildman–Crippen LogP) is 0.928. The summed E-state index contributed by atoms with van der Waals surface area (Å²) < 4.78 is 25.0. The van der Waals surface area contributed by atoms with E-state index in [1.165, 1.54) is 31.3 Å². The van der Waals surface area contributed by atoms with Gasteiger partial charge in [0.15, 0.2) is 0 Å². The second-order valence-electron chi connectivity index (χ2n) is 2.91. The van der Waals surface area contributed by atoms with E-state index in [9.17, 15) is 13.2 Å². The van der Waals surface area contributed by atoms with E-state index in [2.05, 4.69) is 26.0 Å². The van der Waals surface area contributed by atoms with Gasteiger partial charge in [-0.1, -0.05) is 15.9 Å². The van der Waals surface area contributed by atoms with Crippen molar-refractivity contribution in [1.82, 2.24) is 4.72 Å². The lowest BCUT2D eigenvalue weighted by Crippen LogP contribution is -2.18. The number of alkyl halides is 1. The summed E-state index contributed by atoms with van der Waals surface area (Å²) in [5, 5.41) is 2.79. The number of rotatable bonds is 4. The number of hydrogen-bond acceptors (Lipinski definition) is 3. The molecule has 0 aliphatic rings. The maximum atomic E-state index is 11.4. The van der Waals surface area contributed by atoms with Crippen LogP contribution in [0.2, 0.25) is 0 Å². The zero-order valence-corrected chi connectivity index (χ0v) is 10.9. The maximum Gasteiger partial charge on any atom is 0.240 e. The highest BCUT2D eigenvalue weighted by molar-refractivity contribution is 9.09. The summed E-state index contributed by atoms with van der Waals surface area (Å²) in [5.41, 5.74) is 0.555. The molecule has 7 heteroatoms. The molecule has 0 heterocycles. The van der Waals surface area contributed by atoms with Gasteiger partial charge in [-0.2, -0.15) is 0 Å².